The van der Waals surface area contributed by atoms with E-state index in [-0.39, 0.29) is 41.8 Å². The van der Waals surface area contributed by atoms with E-state index in [1.165, 1.54) is 19.2 Å². The van der Waals surface area contributed by atoms with Crippen LogP contribution in [0.4, 0.5) is 13.2 Å². The summed E-state index contributed by atoms with van der Waals surface area (Å²) in [5.74, 6) is 0.669. The number of ether oxygens (including phenoxy) is 1. The van der Waals surface area contributed by atoms with Crippen molar-refractivity contribution in [2.75, 3.05) is 26.7 Å². The van der Waals surface area contributed by atoms with Crippen LogP contribution in [0.25, 0.3) is 0 Å². The Balaban J connectivity index is 0.00000312. The summed E-state index contributed by atoms with van der Waals surface area (Å²) in [6.07, 6.45) is -4.27. The van der Waals surface area contributed by atoms with Crippen LogP contribution in [0.1, 0.15) is 24.5 Å². The summed E-state index contributed by atoms with van der Waals surface area (Å²) >= 11 is 0. The van der Waals surface area contributed by atoms with E-state index in [9.17, 15) is 18.3 Å². The molecule has 0 saturated carbocycles. The topological polar surface area (TPSA) is 57.1 Å². The molecule has 25 heavy (non-hydrogen) atoms. The first-order valence-electron chi connectivity index (χ1n) is 7.80. The molecule has 142 valence electrons. The second-order valence-electron chi connectivity index (χ2n) is 5.58. The van der Waals surface area contributed by atoms with Crippen molar-refractivity contribution in [2.24, 2.45) is 4.99 Å². The van der Waals surface area contributed by atoms with Gasteiger partial charge in [-0.1, -0.05) is 6.07 Å². The largest absolute Gasteiger partial charge is 0.497 e. The summed E-state index contributed by atoms with van der Waals surface area (Å²) in [4.78, 5) is 6.16. The minimum absolute atomic E-state index is 0. The fraction of sp³-hybridized carbons (Fsp3) is 0.562. The highest BCUT2D eigenvalue weighted by Crippen LogP contribution is 2.34. The first kappa shape index (κ1) is 21.8. The molecule has 0 spiro atoms. The Morgan fingerprint density at radius 2 is 2.16 bits per heavy atom. The number of nitrogens with one attached hydrogen (secondary N) is 1. The molecule has 1 heterocycles. The molecule has 1 aromatic rings. The molecule has 1 saturated heterocycles. The van der Waals surface area contributed by atoms with E-state index in [0.717, 1.165) is 6.07 Å². The summed E-state index contributed by atoms with van der Waals surface area (Å²) < 4.78 is 44.6. The normalized spacial score (nSPS) is 18.1. The van der Waals surface area contributed by atoms with Gasteiger partial charge in [-0.15, -0.1) is 24.0 Å². The lowest BCUT2D eigenvalue weighted by Crippen LogP contribution is -2.40. The molecule has 1 atom stereocenters. The molecule has 0 amide bonds. The van der Waals surface area contributed by atoms with Crippen LogP contribution < -0.4 is 10.1 Å². The molecule has 1 aromatic carbocycles. The van der Waals surface area contributed by atoms with E-state index < -0.39 is 17.8 Å². The van der Waals surface area contributed by atoms with Crippen LogP contribution in [0.5, 0.6) is 5.75 Å². The van der Waals surface area contributed by atoms with Crippen molar-refractivity contribution < 1.29 is 23.0 Å². The van der Waals surface area contributed by atoms with E-state index in [0.29, 0.717) is 32.0 Å². The van der Waals surface area contributed by atoms with Crippen LogP contribution in [-0.4, -0.2) is 48.8 Å². The number of hydrogen-bond donors (Lipinski definition) is 2. The summed E-state index contributed by atoms with van der Waals surface area (Å²) in [7, 11) is 1.33. The van der Waals surface area contributed by atoms with Crippen molar-refractivity contribution in [2.45, 2.75) is 32.2 Å². The van der Waals surface area contributed by atoms with Gasteiger partial charge in [-0.05, 0) is 31.0 Å². The quantitative estimate of drug-likeness (QED) is 0.402. The van der Waals surface area contributed by atoms with Crippen LogP contribution in [0.15, 0.2) is 23.2 Å². The smallest absolute Gasteiger partial charge is 0.416 e. The molecule has 0 radical (unpaired) electrons. The number of rotatable bonds is 4. The van der Waals surface area contributed by atoms with Crippen LogP contribution in [0.2, 0.25) is 0 Å². The molecule has 5 nitrogen and oxygen atoms in total. The highest BCUT2D eigenvalue weighted by Gasteiger charge is 2.34. The van der Waals surface area contributed by atoms with Crippen molar-refractivity contribution in [1.29, 1.82) is 0 Å². The standard InChI is InChI=1S/C16H22F3N3O2.HI/c1-3-20-15(22-7-6-12(23)10-22)21-9-11-4-5-13(24-2)8-14(11)16(17,18)19;/h4-5,8,12,23H,3,6-7,9-10H2,1-2H3,(H,20,21);1H/t12-;/m1./s1. The molecule has 9 heteroatoms. The predicted molar refractivity (Wildman–Crippen MR) is 100 cm³/mol. The number of alkyl halides is 3. The van der Waals surface area contributed by atoms with Crippen molar-refractivity contribution in [3.8, 4) is 5.75 Å². The van der Waals surface area contributed by atoms with Gasteiger partial charge in [0.05, 0.1) is 25.3 Å². The molecule has 0 aliphatic carbocycles. The zero-order chi connectivity index (χ0) is 17.7. The molecule has 0 bridgehead atoms. The Morgan fingerprint density at radius 3 is 2.68 bits per heavy atom. The maximum atomic E-state index is 13.2. The SMILES string of the molecule is CCNC(=NCc1ccc(OC)cc1C(F)(F)F)N1CC[C@@H](O)C1.I. The maximum Gasteiger partial charge on any atom is 0.416 e. The van der Waals surface area contributed by atoms with E-state index in [4.69, 9.17) is 4.74 Å². The minimum atomic E-state index is -4.47. The Bertz CT molecular complexity index is 596. The van der Waals surface area contributed by atoms with Gasteiger partial charge in [-0.3, -0.25) is 0 Å². The van der Waals surface area contributed by atoms with Crippen LogP contribution in [0.3, 0.4) is 0 Å². The third-order valence-corrected chi connectivity index (χ3v) is 3.82. The summed E-state index contributed by atoms with van der Waals surface area (Å²) in [5.41, 5.74) is -0.665. The lowest BCUT2D eigenvalue weighted by atomic mass is 10.1. The summed E-state index contributed by atoms with van der Waals surface area (Å²) in [5, 5.41) is 12.7. The highest BCUT2D eigenvalue weighted by molar-refractivity contribution is 14.0. The van der Waals surface area contributed by atoms with Gasteiger partial charge in [-0.25, -0.2) is 4.99 Å². The van der Waals surface area contributed by atoms with Crippen molar-refractivity contribution in [1.82, 2.24) is 10.2 Å². The molecule has 2 N–H and O–H groups in total. The summed E-state index contributed by atoms with van der Waals surface area (Å²) in [6.45, 7) is 3.44. The number of β-amino-alcohol motifs (C(OH)–C–C–N with tert-alkyl or cyclic N) is 1. The number of methoxy groups -OCH3 is 1. The van der Waals surface area contributed by atoms with E-state index >= 15 is 0 Å². The molecule has 0 aromatic heterocycles. The van der Waals surface area contributed by atoms with E-state index in [2.05, 4.69) is 10.3 Å². The second kappa shape index (κ2) is 9.46. The molecule has 1 fully saturated rings. The lowest BCUT2D eigenvalue weighted by molar-refractivity contribution is -0.138. The maximum absolute atomic E-state index is 13.2. The molecule has 1 aliphatic heterocycles. The fourth-order valence-electron chi connectivity index (χ4n) is 2.60. The van der Waals surface area contributed by atoms with Gasteiger partial charge in [0.15, 0.2) is 5.96 Å². The predicted octanol–water partition coefficient (Wildman–Crippen LogP) is 2.86. The third-order valence-electron chi connectivity index (χ3n) is 3.82. The zero-order valence-corrected chi connectivity index (χ0v) is 16.5. The minimum Gasteiger partial charge on any atom is -0.497 e. The number of guanidine groups is 1. The molecular weight excluding hydrogens is 450 g/mol. The van der Waals surface area contributed by atoms with Gasteiger partial charge in [-0.2, -0.15) is 13.2 Å². The lowest BCUT2D eigenvalue weighted by Gasteiger charge is -2.21. The number of aliphatic imine (C=N–C) groups is 1. The van der Waals surface area contributed by atoms with Gasteiger partial charge in [0, 0.05) is 19.6 Å². The van der Waals surface area contributed by atoms with Gasteiger partial charge >= 0.3 is 6.18 Å². The zero-order valence-electron chi connectivity index (χ0n) is 14.1. The van der Waals surface area contributed by atoms with Crippen LogP contribution in [-0.2, 0) is 12.7 Å². The molecule has 0 unspecified atom stereocenters. The number of nitrogens with zero attached hydrogens (tertiary/aromatic N) is 2. The van der Waals surface area contributed by atoms with Crippen molar-refractivity contribution in [3.05, 3.63) is 29.3 Å². The average molecular weight is 473 g/mol. The number of aliphatic hydroxyl groups excluding tert-OH is 1. The molecular formula is C16H23F3IN3O2. The number of aliphatic hydroxyl groups is 1. The van der Waals surface area contributed by atoms with Gasteiger partial charge in [0.2, 0.25) is 0 Å². The van der Waals surface area contributed by atoms with Gasteiger partial charge < -0.3 is 20.1 Å². The number of likely N-dealkylation sites (tertiary alicyclic amines) is 1. The van der Waals surface area contributed by atoms with Crippen LogP contribution in [0, 0.1) is 0 Å². The van der Waals surface area contributed by atoms with Gasteiger partial charge in [0.1, 0.15) is 5.75 Å². The van der Waals surface area contributed by atoms with Gasteiger partial charge in [0.25, 0.3) is 0 Å². The fourth-order valence-corrected chi connectivity index (χ4v) is 2.60. The van der Waals surface area contributed by atoms with Crippen molar-refractivity contribution in [3.63, 3.8) is 0 Å². The number of benzene rings is 1. The highest BCUT2D eigenvalue weighted by atomic mass is 127. The molecule has 1 aliphatic rings. The van der Waals surface area contributed by atoms with E-state index in [1.807, 2.05) is 11.8 Å². The first-order chi connectivity index (χ1) is 11.3. The summed E-state index contributed by atoms with van der Waals surface area (Å²) in [6, 6.07) is 3.86. The van der Waals surface area contributed by atoms with Crippen molar-refractivity contribution >= 4 is 29.9 Å². The first-order valence-corrected chi connectivity index (χ1v) is 7.80. The van der Waals surface area contributed by atoms with Crippen LogP contribution >= 0.6 is 24.0 Å². The van der Waals surface area contributed by atoms with E-state index in [1.54, 1.807) is 0 Å². The Morgan fingerprint density at radius 1 is 1.44 bits per heavy atom. The molecule has 2 rings (SSSR count). The average Bonchev–Trinajstić information content (AvgIpc) is 2.96. The Kier molecular flexibility index (Phi) is 8.26. The number of hydrogen-bond acceptors (Lipinski definition) is 3. The number of halogens is 4. The Labute approximate surface area is 162 Å². The second-order valence-corrected chi connectivity index (χ2v) is 5.58. The monoisotopic (exact) mass is 473 g/mol. The third kappa shape index (κ3) is 5.91. The Hall–Kier alpha value is -1.23.